The molecule has 0 aliphatic rings. The molecule has 1 aromatic rings. The van der Waals surface area contributed by atoms with Crippen molar-refractivity contribution in [3.8, 4) is 0 Å². The van der Waals surface area contributed by atoms with Crippen LogP contribution in [0.1, 0.15) is 12.5 Å². The second kappa shape index (κ2) is 5.51. The summed E-state index contributed by atoms with van der Waals surface area (Å²) in [5.74, 6) is 0. The van der Waals surface area contributed by atoms with Crippen molar-refractivity contribution in [2.75, 3.05) is 13.1 Å². The van der Waals surface area contributed by atoms with Crippen LogP contribution in [0.15, 0.2) is 35.3 Å². The van der Waals surface area contributed by atoms with E-state index in [1.54, 1.807) is 10.8 Å². The molecule has 0 unspecified atom stereocenters. The molecule has 3 heteroatoms. The van der Waals surface area contributed by atoms with Gasteiger partial charge in [0.15, 0.2) is 0 Å². The van der Waals surface area contributed by atoms with E-state index in [1.807, 2.05) is 26.0 Å². The number of nitrogens with zero attached hydrogens (tertiary/aromatic N) is 1. The minimum absolute atomic E-state index is 0.0650. The number of likely N-dealkylation sites (N-methyl/N-ethyl adjacent to an activating group) is 1. The topological polar surface area (TPSA) is 34.0 Å². The van der Waals surface area contributed by atoms with E-state index < -0.39 is 0 Å². The van der Waals surface area contributed by atoms with Crippen LogP contribution in [0.2, 0.25) is 0 Å². The lowest BCUT2D eigenvalue weighted by Crippen LogP contribution is -2.25. The lowest BCUT2D eigenvalue weighted by atomic mass is 10.2. The van der Waals surface area contributed by atoms with Gasteiger partial charge in [0.05, 0.1) is 0 Å². The van der Waals surface area contributed by atoms with Crippen LogP contribution in [0.4, 0.5) is 0 Å². The van der Waals surface area contributed by atoms with E-state index in [9.17, 15) is 4.79 Å². The molecule has 3 nitrogen and oxygen atoms in total. The summed E-state index contributed by atoms with van der Waals surface area (Å²) in [6, 6.07) is 3.71. The molecular weight excluding hydrogens is 188 g/mol. The summed E-state index contributed by atoms with van der Waals surface area (Å²) in [6.07, 6.45) is 1.80. The maximum atomic E-state index is 11.7. The Morgan fingerprint density at radius 1 is 1.60 bits per heavy atom. The van der Waals surface area contributed by atoms with Crippen molar-refractivity contribution in [1.29, 1.82) is 0 Å². The first-order valence-electron chi connectivity index (χ1n) is 5.18. The molecule has 0 aliphatic carbocycles. The molecule has 0 radical (unpaired) electrons. The molecule has 0 aromatic carbocycles. The minimum Gasteiger partial charge on any atom is -0.313 e. The summed E-state index contributed by atoms with van der Waals surface area (Å²) < 4.78 is 1.69. The second-order valence-electron chi connectivity index (χ2n) is 3.65. The first-order chi connectivity index (χ1) is 7.15. The summed E-state index contributed by atoms with van der Waals surface area (Å²) in [4.78, 5) is 11.7. The highest BCUT2D eigenvalue weighted by atomic mass is 16.1. The van der Waals surface area contributed by atoms with Gasteiger partial charge in [0.2, 0.25) is 0 Å². The minimum atomic E-state index is 0.0650. The number of pyridine rings is 1. The summed E-state index contributed by atoms with van der Waals surface area (Å²) in [5.41, 5.74) is 1.86. The fraction of sp³-hybridized carbons (Fsp3) is 0.417. The molecule has 1 aromatic heterocycles. The standard InChI is InChI=1S/C12H18N2O/c1-4-13-8-10(2)9-14-7-5-6-11(3)12(14)15/h5-7,13H,2,4,8-9H2,1,3H3. The molecule has 1 rings (SSSR count). The third-order valence-electron chi connectivity index (χ3n) is 2.23. The Labute approximate surface area is 90.4 Å². The highest BCUT2D eigenvalue weighted by Gasteiger charge is 2.00. The average molecular weight is 206 g/mol. The monoisotopic (exact) mass is 206 g/mol. The predicted octanol–water partition coefficient (Wildman–Crippen LogP) is 1.32. The maximum Gasteiger partial charge on any atom is 0.253 e. The quantitative estimate of drug-likeness (QED) is 0.737. The zero-order chi connectivity index (χ0) is 11.3. The molecule has 0 saturated carbocycles. The van der Waals surface area contributed by atoms with Crippen molar-refractivity contribution in [3.63, 3.8) is 0 Å². The zero-order valence-electron chi connectivity index (χ0n) is 9.42. The fourth-order valence-corrected chi connectivity index (χ4v) is 1.38. The Kier molecular flexibility index (Phi) is 4.31. The van der Waals surface area contributed by atoms with E-state index in [0.717, 1.165) is 24.2 Å². The smallest absolute Gasteiger partial charge is 0.253 e. The largest absolute Gasteiger partial charge is 0.313 e. The molecule has 0 saturated heterocycles. The molecule has 1 heterocycles. The molecule has 0 fully saturated rings. The molecule has 0 atom stereocenters. The van der Waals surface area contributed by atoms with Crippen LogP contribution in [0, 0.1) is 6.92 Å². The zero-order valence-corrected chi connectivity index (χ0v) is 9.42. The molecular formula is C12H18N2O. The molecule has 0 bridgehead atoms. The third-order valence-corrected chi connectivity index (χ3v) is 2.23. The molecule has 1 N–H and O–H groups in total. The van der Waals surface area contributed by atoms with Gasteiger partial charge >= 0.3 is 0 Å². The highest BCUT2D eigenvalue weighted by Crippen LogP contribution is 1.95. The van der Waals surface area contributed by atoms with Gasteiger partial charge in [-0.15, -0.1) is 0 Å². The number of hydrogen-bond donors (Lipinski definition) is 1. The predicted molar refractivity (Wildman–Crippen MR) is 63.1 cm³/mol. The summed E-state index contributed by atoms with van der Waals surface area (Å²) in [5, 5.41) is 3.19. The van der Waals surface area contributed by atoms with Gasteiger partial charge < -0.3 is 9.88 Å². The number of nitrogens with one attached hydrogen (secondary N) is 1. The van der Waals surface area contributed by atoms with Gasteiger partial charge in [-0.2, -0.15) is 0 Å². The van der Waals surface area contributed by atoms with Crippen molar-refractivity contribution in [2.24, 2.45) is 0 Å². The van der Waals surface area contributed by atoms with Crippen LogP contribution in [-0.2, 0) is 6.54 Å². The Morgan fingerprint density at radius 3 is 3.00 bits per heavy atom. The van der Waals surface area contributed by atoms with Gasteiger partial charge in [-0.25, -0.2) is 0 Å². The van der Waals surface area contributed by atoms with E-state index in [1.165, 1.54) is 0 Å². The highest BCUT2D eigenvalue weighted by molar-refractivity contribution is 5.09. The molecule has 0 amide bonds. The van der Waals surface area contributed by atoms with Gasteiger partial charge in [-0.3, -0.25) is 4.79 Å². The first-order valence-corrected chi connectivity index (χ1v) is 5.18. The Morgan fingerprint density at radius 2 is 2.33 bits per heavy atom. The average Bonchev–Trinajstić information content (AvgIpc) is 2.22. The normalized spacial score (nSPS) is 10.3. The van der Waals surface area contributed by atoms with Crippen molar-refractivity contribution in [1.82, 2.24) is 9.88 Å². The van der Waals surface area contributed by atoms with Gasteiger partial charge in [-0.05, 0) is 25.1 Å². The molecule has 15 heavy (non-hydrogen) atoms. The number of hydrogen-bond acceptors (Lipinski definition) is 2. The van der Waals surface area contributed by atoms with Crippen LogP contribution < -0.4 is 10.9 Å². The van der Waals surface area contributed by atoms with Crippen LogP contribution >= 0.6 is 0 Å². The lowest BCUT2D eigenvalue weighted by Gasteiger charge is -2.09. The summed E-state index contributed by atoms with van der Waals surface area (Å²) in [7, 11) is 0. The van der Waals surface area contributed by atoms with Crippen molar-refractivity contribution in [3.05, 3.63) is 46.4 Å². The summed E-state index contributed by atoms with van der Waals surface area (Å²) in [6.45, 7) is 10.1. The first kappa shape index (κ1) is 11.7. The Balaban J connectivity index is 2.69. The van der Waals surface area contributed by atoms with Crippen LogP contribution in [0.25, 0.3) is 0 Å². The number of rotatable bonds is 5. The van der Waals surface area contributed by atoms with Crippen molar-refractivity contribution in [2.45, 2.75) is 20.4 Å². The SMILES string of the molecule is C=C(CNCC)Cn1cccc(C)c1=O. The third kappa shape index (κ3) is 3.36. The fourth-order valence-electron chi connectivity index (χ4n) is 1.38. The Hall–Kier alpha value is -1.35. The van der Waals surface area contributed by atoms with E-state index >= 15 is 0 Å². The number of aryl methyl sites for hydroxylation is 1. The van der Waals surface area contributed by atoms with Crippen molar-refractivity contribution < 1.29 is 0 Å². The van der Waals surface area contributed by atoms with Gasteiger partial charge in [0.1, 0.15) is 0 Å². The molecule has 0 aliphatic heterocycles. The van der Waals surface area contributed by atoms with E-state index in [4.69, 9.17) is 0 Å². The van der Waals surface area contributed by atoms with E-state index in [-0.39, 0.29) is 5.56 Å². The number of aromatic nitrogens is 1. The van der Waals surface area contributed by atoms with E-state index in [0.29, 0.717) is 6.54 Å². The van der Waals surface area contributed by atoms with Gasteiger partial charge in [-0.1, -0.05) is 19.6 Å². The Bertz CT molecular complexity index is 393. The van der Waals surface area contributed by atoms with Crippen LogP contribution in [0.5, 0.6) is 0 Å². The second-order valence-corrected chi connectivity index (χ2v) is 3.65. The van der Waals surface area contributed by atoms with Gasteiger partial charge in [0.25, 0.3) is 5.56 Å². The van der Waals surface area contributed by atoms with Crippen LogP contribution in [-0.4, -0.2) is 17.7 Å². The summed E-state index contributed by atoms with van der Waals surface area (Å²) >= 11 is 0. The van der Waals surface area contributed by atoms with E-state index in [2.05, 4.69) is 11.9 Å². The lowest BCUT2D eigenvalue weighted by molar-refractivity contribution is 0.685. The van der Waals surface area contributed by atoms with Crippen LogP contribution in [0.3, 0.4) is 0 Å². The maximum absolute atomic E-state index is 11.7. The molecule has 82 valence electrons. The van der Waals surface area contributed by atoms with Gasteiger partial charge in [0, 0.05) is 24.8 Å². The molecule has 0 spiro atoms. The van der Waals surface area contributed by atoms with Crippen molar-refractivity contribution >= 4 is 0 Å².